The first-order valence-corrected chi connectivity index (χ1v) is 8.31. The third kappa shape index (κ3) is 3.88. The zero-order valence-electron chi connectivity index (χ0n) is 14.8. The third-order valence-corrected chi connectivity index (χ3v) is 4.15. The predicted octanol–water partition coefficient (Wildman–Crippen LogP) is 1.28. The number of fused-ring (bicyclic) bond motifs is 1. The molecule has 2 N–H and O–H groups in total. The van der Waals surface area contributed by atoms with Crippen LogP contribution in [0.25, 0.3) is 10.8 Å². The zero-order valence-corrected chi connectivity index (χ0v) is 14.8. The van der Waals surface area contributed by atoms with Gasteiger partial charge in [-0.2, -0.15) is 5.10 Å². The lowest BCUT2D eigenvalue weighted by molar-refractivity contribution is -0.129. The van der Waals surface area contributed by atoms with Crippen LogP contribution < -0.4 is 16.2 Å². The monoisotopic (exact) mass is 386 g/mol. The van der Waals surface area contributed by atoms with Crippen LogP contribution in [-0.2, 0) is 16.1 Å². The predicted molar refractivity (Wildman–Crippen MR) is 97.3 cm³/mol. The summed E-state index contributed by atoms with van der Waals surface area (Å²) >= 11 is 0. The highest BCUT2D eigenvalue weighted by molar-refractivity contribution is 5.88. The first kappa shape index (κ1) is 19.2. The molecule has 1 atom stereocenters. The van der Waals surface area contributed by atoms with E-state index in [0.29, 0.717) is 10.8 Å². The molecule has 0 aliphatic carbocycles. The van der Waals surface area contributed by atoms with Gasteiger partial charge >= 0.3 is 0 Å². The summed E-state index contributed by atoms with van der Waals surface area (Å²) in [5.41, 5.74) is -0.400. The molecule has 0 aliphatic heterocycles. The van der Waals surface area contributed by atoms with E-state index in [0.717, 1.165) is 16.8 Å². The Kier molecular flexibility index (Phi) is 5.44. The highest BCUT2D eigenvalue weighted by Gasteiger charge is 2.23. The van der Waals surface area contributed by atoms with Gasteiger partial charge in [0.05, 0.1) is 11.6 Å². The van der Waals surface area contributed by atoms with E-state index in [1.165, 1.54) is 19.3 Å². The second-order valence-electron chi connectivity index (χ2n) is 5.98. The summed E-state index contributed by atoms with van der Waals surface area (Å²) < 4.78 is 27.6. The van der Waals surface area contributed by atoms with Gasteiger partial charge in [0.2, 0.25) is 11.8 Å². The van der Waals surface area contributed by atoms with E-state index >= 15 is 0 Å². The topological polar surface area (TPSA) is 93.1 Å². The minimum atomic E-state index is -1.26. The molecule has 1 heterocycles. The average Bonchev–Trinajstić information content (AvgIpc) is 2.70. The van der Waals surface area contributed by atoms with Crippen molar-refractivity contribution in [1.29, 1.82) is 0 Å². The fourth-order valence-electron chi connectivity index (χ4n) is 2.72. The van der Waals surface area contributed by atoms with Crippen molar-refractivity contribution in [3.05, 3.63) is 76.2 Å². The summed E-state index contributed by atoms with van der Waals surface area (Å²) in [7, 11) is 1.34. The molecule has 0 fully saturated rings. The largest absolute Gasteiger partial charge is 0.357 e. The van der Waals surface area contributed by atoms with Crippen molar-refractivity contribution in [2.45, 2.75) is 12.6 Å². The van der Waals surface area contributed by atoms with Crippen molar-refractivity contribution in [1.82, 2.24) is 20.4 Å². The Morgan fingerprint density at radius 3 is 2.61 bits per heavy atom. The van der Waals surface area contributed by atoms with Crippen molar-refractivity contribution >= 4 is 22.6 Å². The standard InChI is InChI=1S/C19H16F2N4O3/c1-22-18(27)17(11-6-7-14(20)15(21)8-11)24-16(26)10-25-19(28)13-5-3-2-4-12(13)9-23-25/h2-9,17H,10H2,1H3,(H,22,27)(H,24,26). The van der Waals surface area contributed by atoms with Crippen molar-refractivity contribution in [3.63, 3.8) is 0 Å². The molecular formula is C19H16F2N4O3. The molecule has 1 unspecified atom stereocenters. The number of nitrogens with zero attached hydrogens (tertiary/aromatic N) is 2. The van der Waals surface area contributed by atoms with Gasteiger partial charge in [0.25, 0.3) is 5.56 Å². The van der Waals surface area contributed by atoms with Gasteiger partial charge in [-0.05, 0) is 23.8 Å². The number of likely N-dealkylation sites (N-methyl/N-ethyl adjacent to an activating group) is 1. The van der Waals surface area contributed by atoms with Gasteiger partial charge in [0.15, 0.2) is 11.6 Å². The van der Waals surface area contributed by atoms with Gasteiger partial charge in [-0.15, -0.1) is 0 Å². The highest BCUT2D eigenvalue weighted by Crippen LogP contribution is 2.17. The molecule has 3 aromatic rings. The van der Waals surface area contributed by atoms with Crippen LogP contribution in [0, 0.1) is 11.6 Å². The number of aromatic nitrogens is 2. The lowest BCUT2D eigenvalue weighted by Crippen LogP contribution is -2.41. The van der Waals surface area contributed by atoms with Gasteiger partial charge in [0, 0.05) is 12.4 Å². The SMILES string of the molecule is CNC(=O)C(NC(=O)Cn1ncc2ccccc2c1=O)c1ccc(F)c(F)c1. The van der Waals surface area contributed by atoms with E-state index < -0.39 is 41.6 Å². The first-order chi connectivity index (χ1) is 13.4. The number of nitrogens with one attached hydrogen (secondary N) is 2. The summed E-state index contributed by atoms with van der Waals surface area (Å²) in [5.74, 6) is -3.54. The maximum absolute atomic E-state index is 13.5. The van der Waals surface area contributed by atoms with Crippen molar-refractivity contribution in [2.24, 2.45) is 0 Å². The van der Waals surface area contributed by atoms with Crippen molar-refractivity contribution < 1.29 is 18.4 Å². The molecule has 9 heteroatoms. The minimum absolute atomic E-state index is 0.0606. The van der Waals surface area contributed by atoms with E-state index in [9.17, 15) is 23.2 Å². The van der Waals surface area contributed by atoms with E-state index in [1.807, 2.05) is 0 Å². The Hall–Kier alpha value is -3.62. The van der Waals surface area contributed by atoms with E-state index in [4.69, 9.17) is 0 Å². The fourth-order valence-corrected chi connectivity index (χ4v) is 2.72. The van der Waals surface area contributed by atoms with Gasteiger partial charge in [-0.25, -0.2) is 13.5 Å². The summed E-state index contributed by atoms with van der Waals surface area (Å²) in [6.45, 7) is -0.444. The number of hydrogen-bond donors (Lipinski definition) is 2. The fraction of sp³-hybridized carbons (Fsp3) is 0.158. The molecule has 2 aromatic carbocycles. The molecule has 2 amide bonds. The number of amides is 2. The maximum Gasteiger partial charge on any atom is 0.275 e. The molecule has 1 aromatic heterocycles. The lowest BCUT2D eigenvalue weighted by Gasteiger charge is -2.18. The third-order valence-electron chi connectivity index (χ3n) is 4.15. The molecule has 0 saturated carbocycles. The quantitative estimate of drug-likeness (QED) is 0.691. The Morgan fingerprint density at radius 1 is 1.14 bits per heavy atom. The molecular weight excluding hydrogens is 370 g/mol. The highest BCUT2D eigenvalue weighted by atomic mass is 19.2. The number of benzene rings is 2. The van der Waals surface area contributed by atoms with Crippen molar-refractivity contribution in [3.8, 4) is 0 Å². The van der Waals surface area contributed by atoms with Gasteiger partial charge in [-0.1, -0.05) is 24.3 Å². The second-order valence-corrected chi connectivity index (χ2v) is 5.98. The van der Waals surface area contributed by atoms with Crippen LogP contribution in [0.1, 0.15) is 11.6 Å². The Bertz CT molecular complexity index is 1110. The van der Waals surface area contributed by atoms with E-state index in [1.54, 1.807) is 24.3 Å². The summed E-state index contributed by atoms with van der Waals surface area (Å²) in [6, 6.07) is 8.41. The molecule has 0 aliphatic rings. The Morgan fingerprint density at radius 2 is 1.89 bits per heavy atom. The molecule has 7 nitrogen and oxygen atoms in total. The molecule has 0 radical (unpaired) electrons. The van der Waals surface area contributed by atoms with Crippen LogP contribution in [0.3, 0.4) is 0 Å². The van der Waals surface area contributed by atoms with Gasteiger partial charge < -0.3 is 10.6 Å². The molecule has 28 heavy (non-hydrogen) atoms. The molecule has 0 bridgehead atoms. The van der Waals surface area contributed by atoms with Gasteiger partial charge in [0.1, 0.15) is 12.6 Å². The lowest BCUT2D eigenvalue weighted by atomic mass is 10.1. The van der Waals surface area contributed by atoms with Gasteiger partial charge in [-0.3, -0.25) is 14.4 Å². The average molecular weight is 386 g/mol. The van der Waals surface area contributed by atoms with Crippen molar-refractivity contribution in [2.75, 3.05) is 7.05 Å². The second kappa shape index (κ2) is 7.95. The van der Waals surface area contributed by atoms with Crippen LogP contribution in [-0.4, -0.2) is 28.6 Å². The van der Waals surface area contributed by atoms with Crippen LogP contribution >= 0.6 is 0 Å². The molecule has 144 valence electrons. The zero-order chi connectivity index (χ0) is 20.3. The summed E-state index contributed by atoms with van der Waals surface area (Å²) in [6.07, 6.45) is 1.45. The number of rotatable bonds is 5. The molecule has 3 rings (SSSR count). The normalized spacial score (nSPS) is 11.8. The maximum atomic E-state index is 13.5. The first-order valence-electron chi connectivity index (χ1n) is 8.31. The van der Waals surface area contributed by atoms with Crippen LogP contribution in [0.15, 0.2) is 53.5 Å². The van der Waals surface area contributed by atoms with E-state index in [2.05, 4.69) is 15.7 Å². The summed E-state index contributed by atoms with van der Waals surface area (Å²) in [5, 5.41) is 9.74. The number of halogens is 2. The van der Waals surface area contributed by atoms with E-state index in [-0.39, 0.29) is 5.56 Å². The number of carbonyl (C=O) groups is 2. The van der Waals surface area contributed by atoms with Crippen LogP contribution in [0.5, 0.6) is 0 Å². The smallest absolute Gasteiger partial charge is 0.275 e. The number of hydrogen-bond acceptors (Lipinski definition) is 4. The Balaban J connectivity index is 1.84. The Labute approximate surface area is 158 Å². The summed E-state index contributed by atoms with van der Waals surface area (Å²) in [4.78, 5) is 37.0. The minimum Gasteiger partial charge on any atom is -0.357 e. The molecule has 0 saturated heterocycles. The number of carbonyl (C=O) groups excluding carboxylic acids is 2. The molecule has 0 spiro atoms. The van der Waals surface area contributed by atoms with Crippen LogP contribution in [0.2, 0.25) is 0 Å². The van der Waals surface area contributed by atoms with Crippen LogP contribution in [0.4, 0.5) is 8.78 Å².